The Balaban J connectivity index is 2.05. The zero-order valence-corrected chi connectivity index (χ0v) is 9.84. The van der Waals surface area contributed by atoms with E-state index in [-0.39, 0.29) is 24.3 Å². The highest BCUT2D eigenvalue weighted by Gasteiger charge is 2.25. The van der Waals surface area contributed by atoms with Gasteiger partial charge in [-0.2, -0.15) is 4.39 Å². The Morgan fingerprint density at radius 1 is 1.50 bits per heavy atom. The second kappa shape index (κ2) is 5.41. The van der Waals surface area contributed by atoms with Gasteiger partial charge in [0.15, 0.2) is 0 Å². The van der Waals surface area contributed by atoms with E-state index in [1.54, 1.807) is 0 Å². The lowest BCUT2D eigenvalue weighted by molar-refractivity contribution is -0.387. The Morgan fingerprint density at radius 3 is 2.89 bits per heavy atom. The third-order valence-electron chi connectivity index (χ3n) is 3.21. The van der Waals surface area contributed by atoms with Crippen LogP contribution in [0.5, 0.6) is 0 Å². The summed E-state index contributed by atoms with van der Waals surface area (Å²) in [7, 11) is 0. The third kappa shape index (κ3) is 2.65. The molecule has 2 atom stereocenters. The maximum Gasteiger partial charge on any atom is 0.305 e. The molecule has 0 heterocycles. The Bertz CT molecular complexity index is 453. The quantitative estimate of drug-likeness (QED) is 0.659. The number of nitro groups is 1. The first kappa shape index (κ1) is 12.9. The van der Waals surface area contributed by atoms with Crippen LogP contribution in [0, 0.1) is 15.9 Å². The van der Waals surface area contributed by atoms with Crippen LogP contribution in [0.4, 0.5) is 10.1 Å². The van der Waals surface area contributed by atoms with Crippen LogP contribution in [-0.2, 0) is 11.3 Å². The average molecular weight is 254 g/mol. The monoisotopic (exact) mass is 254 g/mol. The number of nitro benzene ring substituents is 1. The van der Waals surface area contributed by atoms with Gasteiger partial charge in [0, 0.05) is 17.7 Å². The van der Waals surface area contributed by atoms with Crippen LogP contribution in [0.1, 0.15) is 24.8 Å². The first-order valence-electron chi connectivity index (χ1n) is 5.88. The minimum Gasteiger partial charge on any atom is -0.372 e. The van der Waals surface area contributed by atoms with E-state index in [2.05, 4.69) is 0 Å². The summed E-state index contributed by atoms with van der Waals surface area (Å²) >= 11 is 0. The second-order valence-corrected chi connectivity index (χ2v) is 4.45. The minimum atomic E-state index is -0.825. The molecule has 0 radical (unpaired) electrons. The van der Waals surface area contributed by atoms with Crippen LogP contribution in [0.15, 0.2) is 18.2 Å². The maximum atomic E-state index is 13.7. The highest BCUT2D eigenvalue weighted by molar-refractivity contribution is 5.36. The van der Waals surface area contributed by atoms with Crippen molar-refractivity contribution in [2.24, 2.45) is 5.73 Å². The summed E-state index contributed by atoms with van der Waals surface area (Å²) in [5.74, 6) is -0.825. The normalized spacial score (nSPS) is 23.2. The van der Waals surface area contributed by atoms with Crippen molar-refractivity contribution in [3.8, 4) is 0 Å². The zero-order chi connectivity index (χ0) is 13.1. The van der Waals surface area contributed by atoms with E-state index in [1.165, 1.54) is 12.1 Å². The van der Waals surface area contributed by atoms with Crippen LogP contribution < -0.4 is 5.73 Å². The molecule has 0 spiro atoms. The van der Waals surface area contributed by atoms with Gasteiger partial charge in [-0.15, -0.1) is 0 Å². The first-order valence-corrected chi connectivity index (χ1v) is 5.88. The first-order chi connectivity index (χ1) is 8.59. The molecule has 0 aromatic heterocycles. The fraction of sp³-hybridized carbons (Fsp3) is 0.500. The van der Waals surface area contributed by atoms with Gasteiger partial charge in [-0.25, -0.2) is 0 Å². The van der Waals surface area contributed by atoms with Crippen LogP contribution in [-0.4, -0.2) is 17.1 Å². The van der Waals surface area contributed by atoms with Gasteiger partial charge in [0.1, 0.15) is 0 Å². The van der Waals surface area contributed by atoms with E-state index in [9.17, 15) is 14.5 Å². The Labute approximate surface area is 104 Å². The molecule has 98 valence electrons. The highest BCUT2D eigenvalue weighted by Crippen LogP contribution is 2.24. The molecule has 0 amide bonds. The van der Waals surface area contributed by atoms with E-state index in [4.69, 9.17) is 10.5 Å². The molecule has 1 aromatic rings. The number of nitrogens with zero attached hydrogens (tertiary/aromatic N) is 1. The molecule has 6 heteroatoms. The molecule has 1 fully saturated rings. The van der Waals surface area contributed by atoms with Gasteiger partial charge in [-0.05, 0) is 19.3 Å². The molecule has 2 rings (SSSR count). The molecule has 1 aliphatic rings. The van der Waals surface area contributed by atoms with Gasteiger partial charge in [0.2, 0.25) is 5.82 Å². The molecule has 18 heavy (non-hydrogen) atoms. The predicted molar refractivity (Wildman–Crippen MR) is 63.5 cm³/mol. The largest absolute Gasteiger partial charge is 0.372 e. The predicted octanol–water partition coefficient (Wildman–Crippen LogP) is 2.13. The average Bonchev–Trinajstić information content (AvgIpc) is 2.73. The number of hydrogen-bond acceptors (Lipinski definition) is 4. The Morgan fingerprint density at radius 2 is 2.28 bits per heavy atom. The smallest absolute Gasteiger partial charge is 0.305 e. The van der Waals surface area contributed by atoms with Crippen molar-refractivity contribution in [2.75, 3.05) is 0 Å². The van der Waals surface area contributed by atoms with E-state index in [0.717, 1.165) is 25.3 Å². The summed E-state index contributed by atoms with van der Waals surface area (Å²) < 4.78 is 19.3. The second-order valence-electron chi connectivity index (χ2n) is 4.45. The van der Waals surface area contributed by atoms with Crippen molar-refractivity contribution in [1.82, 2.24) is 0 Å². The van der Waals surface area contributed by atoms with Gasteiger partial charge < -0.3 is 10.5 Å². The van der Waals surface area contributed by atoms with Gasteiger partial charge in [0.25, 0.3) is 0 Å². The SMILES string of the molecule is NC1CCCC1OCc1cccc([N+](=O)[O-])c1F. The number of nitrogens with two attached hydrogens (primary N) is 1. The molecule has 0 bridgehead atoms. The number of hydrogen-bond donors (Lipinski definition) is 1. The van der Waals surface area contributed by atoms with Crippen LogP contribution in [0.3, 0.4) is 0 Å². The number of ether oxygens (including phenoxy) is 1. The fourth-order valence-corrected chi connectivity index (χ4v) is 2.18. The van der Waals surface area contributed by atoms with E-state index in [0.29, 0.717) is 0 Å². The summed E-state index contributed by atoms with van der Waals surface area (Å²) in [6.07, 6.45) is 2.69. The lowest BCUT2D eigenvalue weighted by Crippen LogP contribution is -2.31. The molecule has 2 N–H and O–H groups in total. The summed E-state index contributed by atoms with van der Waals surface area (Å²) in [5.41, 5.74) is 5.51. The molecule has 5 nitrogen and oxygen atoms in total. The van der Waals surface area contributed by atoms with Crippen molar-refractivity contribution in [1.29, 1.82) is 0 Å². The summed E-state index contributed by atoms with van der Waals surface area (Å²) in [6, 6.07) is 4.06. The molecule has 0 saturated heterocycles. The molecule has 1 saturated carbocycles. The fourth-order valence-electron chi connectivity index (χ4n) is 2.18. The van der Waals surface area contributed by atoms with Crippen LogP contribution in [0.25, 0.3) is 0 Å². The van der Waals surface area contributed by atoms with Crippen molar-refractivity contribution in [2.45, 2.75) is 38.0 Å². The van der Waals surface area contributed by atoms with Gasteiger partial charge in [-0.3, -0.25) is 10.1 Å². The lowest BCUT2D eigenvalue weighted by atomic mass is 10.2. The highest BCUT2D eigenvalue weighted by atomic mass is 19.1. The van der Waals surface area contributed by atoms with Crippen molar-refractivity contribution in [3.05, 3.63) is 39.7 Å². The number of halogens is 1. The van der Waals surface area contributed by atoms with Crippen LogP contribution >= 0.6 is 0 Å². The maximum absolute atomic E-state index is 13.7. The molecule has 1 aromatic carbocycles. The van der Waals surface area contributed by atoms with Crippen LogP contribution in [0.2, 0.25) is 0 Å². The van der Waals surface area contributed by atoms with E-state index < -0.39 is 16.4 Å². The third-order valence-corrected chi connectivity index (χ3v) is 3.21. The number of rotatable bonds is 4. The molecular formula is C12H15FN2O3. The van der Waals surface area contributed by atoms with Gasteiger partial charge in [0.05, 0.1) is 17.6 Å². The Hall–Kier alpha value is -1.53. The summed E-state index contributed by atoms with van der Waals surface area (Å²) in [6.45, 7) is 0.0197. The van der Waals surface area contributed by atoms with Gasteiger partial charge in [-0.1, -0.05) is 12.1 Å². The molecule has 0 aliphatic heterocycles. The van der Waals surface area contributed by atoms with Crippen molar-refractivity contribution >= 4 is 5.69 Å². The van der Waals surface area contributed by atoms with Crippen molar-refractivity contribution in [3.63, 3.8) is 0 Å². The topological polar surface area (TPSA) is 78.4 Å². The minimum absolute atomic E-state index is 0.0197. The molecule has 1 aliphatic carbocycles. The lowest BCUT2D eigenvalue weighted by Gasteiger charge is -2.16. The zero-order valence-electron chi connectivity index (χ0n) is 9.84. The van der Waals surface area contributed by atoms with Crippen molar-refractivity contribution < 1.29 is 14.1 Å². The summed E-state index contributed by atoms with van der Waals surface area (Å²) in [4.78, 5) is 9.86. The number of benzene rings is 1. The van der Waals surface area contributed by atoms with Gasteiger partial charge >= 0.3 is 5.69 Å². The Kier molecular flexibility index (Phi) is 3.88. The standard InChI is InChI=1S/C12H15FN2O3/c13-12-8(3-1-5-10(12)15(16)17)7-18-11-6-2-4-9(11)14/h1,3,5,9,11H,2,4,6-7,14H2. The molecule has 2 unspecified atom stereocenters. The molecular weight excluding hydrogens is 239 g/mol. The summed E-state index contributed by atoms with van der Waals surface area (Å²) in [5, 5.41) is 10.6. The van der Waals surface area contributed by atoms with E-state index in [1.807, 2.05) is 0 Å². The van der Waals surface area contributed by atoms with E-state index >= 15 is 0 Å².